The monoisotopic (exact) mass is 329 g/mol. The van der Waals surface area contributed by atoms with Crippen molar-refractivity contribution in [3.05, 3.63) is 69.9 Å². The van der Waals surface area contributed by atoms with E-state index in [-0.39, 0.29) is 11.7 Å². The van der Waals surface area contributed by atoms with E-state index in [1.807, 2.05) is 24.4 Å². The molecule has 1 amide bonds. The highest BCUT2D eigenvalue weighted by molar-refractivity contribution is 7.09. The van der Waals surface area contributed by atoms with Gasteiger partial charge >= 0.3 is 0 Å². The van der Waals surface area contributed by atoms with Crippen molar-refractivity contribution in [2.24, 2.45) is 0 Å². The molecule has 0 unspecified atom stereocenters. The lowest BCUT2D eigenvalue weighted by molar-refractivity contribution is 0.0950. The van der Waals surface area contributed by atoms with E-state index in [4.69, 9.17) is 0 Å². The molecule has 6 heteroatoms. The number of aromatic nitrogens is 2. The van der Waals surface area contributed by atoms with Crippen molar-refractivity contribution in [1.82, 2.24) is 15.1 Å². The van der Waals surface area contributed by atoms with Gasteiger partial charge in [0.2, 0.25) is 0 Å². The number of rotatable bonds is 5. The van der Waals surface area contributed by atoms with Crippen LogP contribution in [0.1, 0.15) is 27.9 Å². The first-order valence-electron chi connectivity index (χ1n) is 7.32. The van der Waals surface area contributed by atoms with Gasteiger partial charge in [0.1, 0.15) is 5.82 Å². The van der Waals surface area contributed by atoms with Crippen LogP contribution in [0, 0.1) is 5.82 Å². The van der Waals surface area contributed by atoms with E-state index in [0.29, 0.717) is 18.5 Å². The third kappa shape index (κ3) is 3.32. The molecule has 118 valence electrons. The number of carbonyl (C=O) groups is 1. The highest BCUT2D eigenvalue weighted by Crippen LogP contribution is 2.17. The topological polar surface area (TPSA) is 46.9 Å². The minimum absolute atomic E-state index is 0.149. The summed E-state index contributed by atoms with van der Waals surface area (Å²) in [6.07, 6.45) is 2.21. The van der Waals surface area contributed by atoms with Gasteiger partial charge in [0.15, 0.2) is 0 Å². The molecule has 3 rings (SSSR count). The minimum Gasteiger partial charge on any atom is -0.347 e. The van der Waals surface area contributed by atoms with Gasteiger partial charge in [-0.25, -0.2) is 9.07 Å². The largest absolute Gasteiger partial charge is 0.347 e. The maximum atomic E-state index is 13.1. The third-order valence-electron chi connectivity index (χ3n) is 3.52. The van der Waals surface area contributed by atoms with E-state index in [1.165, 1.54) is 12.1 Å². The second-order valence-corrected chi connectivity index (χ2v) is 6.04. The molecular formula is C17H16FN3OS. The molecule has 0 bridgehead atoms. The van der Waals surface area contributed by atoms with Crippen LogP contribution < -0.4 is 5.32 Å². The first kappa shape index (κ1) is 15.4. The number of carbonyl (C=O) groups excluding carboxylic acids is 1. The summed E-state index contributed by atoms with van der Waals surface area (Å²) in [4.78, 5) is 13.5. The summed E-state index contributed by atoms with van der Waals surface area (Å²) in [5, 5.41) is 9.17. The lowest BCUT2D eigenvalue weighted by Gasteiger charge is -2.08. The van der Waals surface area contributed by atoms with Crippen LogP contribution in [0.25, 0.3) is 5.69 Å². The predicted molar refractivity (Wildman–Crippen MR) is 88.4 cm³/mol. The van der Waals surface area contributed by atoms with Crippen molar-refractivity contribution in [2.45, 2.75) is 19.9 Å². The van der Waals surface area contributed by atoms with Crippen LogP contribution in [0.4, 0.5) is 4.39 Å². The van der Waals surface area contributed by atoms with Gasteiger partial charge in [-0.15, -0.1) is 11.3 Å². The van der Waals surface area contributed by atoms with Gasteiger partial charge in [-0.1, -0.05) is 13.0 Å². The molecule has 4 nitrogen and oxygen atoms in total. The molecule has 0 saturated carbocycles. The fraction of sp³-hybridized carbons (Fsp3) is 0.176. The second kappa shape index (κ2) is 6.75. The van der Waals surface area contributed by atoms with Crippen LogP contribution in [0.3, 0.4) is 0 Å². The van der Waals surface area contributed by atoms with Gasteiger partial charge in [-0.3, -0.25) is 4.79 Å². The van der Waals surface area contributed by atoms with E-state index in [9.17, 15) is 9.18 Å². The Morgan fingerprint density at radius 1 is 1.30 bits per heavy atom. The summed E-state index contributed by atoms with van der Waals surface area (Å²) in [7, 11) is 0. The maximum Gasteiger partial charge on any atom is 0.255 e. The average molecular weight is 329 g/mol. The van der Waals surface area contributed by atoms with E-state index >= 15 is 0 Å². The van der Waals surface area contributed by atoms with Crippen LogP contribution in [-0.2, 0) is 13.0 Å². The summed E-state index contributed by atoms with van der Waals surface area (Å²) >= 11 is 1.60. The van der Waals surface area contributed by atoms with Gasteiger partial charge in [0, 0.05) is 4.88 Å². The highest BCUT2D eigenvalue weighted by atomic mass is 32.1. The summed E-state index contributed by atoms with van der Waals surface area (Å²) in [5.74, 6) is -0.448. The maximum absolute atomic E-state index is 13.1. The van der Waals surface area contributed by atoms with E-state index in [0.717, 1.165) is 16.3 Å². The first-order chi connectivity index (χ1) is 11.2. The molecule has 2 heterocycles. The highest BCUT2D eigenvalue weighted by Gasteiger charge is 2.17. The van der Waals surface area contributed by atoms with Crippen LogP contribution in [-0.4, -0.2) is 15.7 Å². The van der Waals surface area contributed by atoms with Crippen molar-refractivity contribution in [1.29, 1.82) is 0 Å². The molecule has 0 spiro atoms. The number of hydrogen-bond acceptors (Lipinski definition) is 3. The first-order valence-corrected chi connectivity index (χ1v) is 8.20. The Hall–Kier alpha value is -2.47. The lowest BCUT2D eigenvalue weighted by Crippen LogP contribution is -2.23. The molecule has 0 aliphatic heterocycles. The number of amides is 1. The normalized spacial score (nSPS) is 10.7. The van der Waals surface area contributed by atoms with Crippen molar-refractivity contribution in [3.63, 3.8) is 0 Å². The Morgan fingerprint density at radius 3 is 2.74 bits per heavy atom. The molecule has 0 atom stereocenters. The summed E-state index contributed by atoms with van der Waals surface area (Å²) in [6, 6.07) is 9.99. The number of hydrogen-bond donors (Lipinski definition) is 1. The Morgan fingerprint density at radius 2 is 2.09 bits per heavy atom. The van der Waals surface area contributed by atoms with Crippen molar-refractivity contribution >= 4 is 17.2 Å². The molecule has 1 N–H and O–H groups in total. The van der Waals surface area contributed by atoms with E-state index in [2.05, 4.69) is 10.4 Å². The Labute approximate surface area is 137 Å². The molecular weight excluding hydrogens is 313 g/mol. The van der Waals surface area contributed by atoms with Crippen LogP contribution in [0.5, 0.6) is 0 Å². The zero-order valence-corrected chi connectivity index (χ0v) is 13.4. The minimum atomic E-state index is -0.298. The van der Waals surface area contributed by atoms with E-state index in [1.54, 1.807) is 34.3 Å². The molecule has 0 aliphatic carbocycles. The predicted octanol–water partition coefficient (Wildman–Crippen LogP) is 3.57. The third-order valence-corrected chi connectivity index (χ3v) is 4.40. The van der Waals surface area contributed by atoms with E-state index < -0.39 is 0 Å². The van der Waals surface area contributed by atoms with Crippen LogP contribution in [0.15, 0.2) is 48.0 Å². The average Bonchev–Trinajstić information content (AvgIpc) is 3.22. The molecule has 0 fully saturated rings. The Kier molecular flexibility index (Phi) is 4.52. The molecule has 0 radical (unpaired) electrons. The Bertz CT molecular complexity index is 794. The molecule has 3 aromatic rings. The second-order valence-electron chi connectivity index (χ2n) is 5.01. The number of thiophene rings is 1. The molecule has 0 aliphatic rings. The molecule has 0 saturated heterocycles. The number of benzene rings is 1. The van der Waals surface area contributed by atoms with Gasteiger partial charge in [-0.05, 0) is 42.1 Å². The number of nitrogens with one attached hydrogen (secondary N) is 1. The fourth-order valence-electron chi connectivity index (χ4n) is 2.38. The summed E-state index contributed by atoms with van der Waals surface area (Å²) in [6.45, 7) is 2.47. The van der Waals surface area contributed by atoms with Crippen LogP contribution >= 0.6 is 11.3 Å². The van der Waals surface area contributed by atoms with Gasteiger partial charge in [-0.2, -0.15) is 5.10 Å². The van der Waals surface area contributed by atoms with Gasteiger partial charge in [0.05, 0.1) is 29.7 Å². The quantitative estimate of drug-likeness (QED) is 0.778. The lowest BCUT2D eigenvalue weighted by atomic mass is 10.2. The summed E-state index contributed by atoms with van der Waals surface area (Å²) < 4.78 is 14.7. The van der Waals surface area contributed by atoms with Crippen molar-refractivity contribution < 1.29 is 9.18 Å². The smallest absolute Gasteiger partial charge is 0.255 e. The van der Waals surface area contributed by atoms with Gasteiger partial charge in [0.25, 0.3) is 5.91 Å². The molecule has 23 heavy (non-hydrogen) atoms. The summed E-state index contributed by atoms with van der Waals surface area (Å²) in [5.41, 5.74) is 2.09. The Balaban J connectivity index is 1.82. The number of halogens is 1. The number of nitrogens with zero attached hydrogens (tertiary/aromatic N) is 2. The molecule has 2 aromatic heterocycles. The zero-order valence-electron chi connectivity index (χ0n) is 12.6. The van der Waals surface area contributed by atoms with Gasteiger partial charge < -0.3 is 5.32 Å². The van der Waals surface area contributed by atoms with Crippen molar-refractivity contribution in [3.8, 4) is 5.69 Å². The van der Waals surface area contributed by atoms with Crippen molar-refractivity contribution in [2.75, 3.05) is 0 Å². The van der Waals surface area contributed by atoms with Crippen LogP contribution in [0.2, 0.25) is 0 Å². The standard InChI is InChI=1S/C17H16FN3OS/c1-2-16-15(17(22)19-10-14-4-3-9-23-14)11-20-21(16)13-7-5-12(18)6-8-13/h3-9,11H,2,10H2,1H3,(H,19,22). The fourth-order valence-corrected chi connectivity index (χ4v) is 3.03. The SMILES string of the molecule is CCc1c(C(=O)NCc2cccs2)cnn1-c1ccc(F)cc1. The zero-order chi connectivity index (χ0) is 16.2. The molecule has 1 aromatic carbocycles.